The van der Waals surface area contributed by atoms with Crippen molar-refractivity contribution >= 4 is 24.2 Å². The smallest absolute Gasteiger partial charge is 0.113 e. The molecule has 2 aromatic rings. The molecule has 0 aliphatic carbocycles. The quantitative estimate of drug-likeness (QED) is 0.542. The van der Waals surface area contributed by atoms with E-state index in [-0.39, 0.29) is 0 Å². The van der Waals surface area contributed by atoms with Crippen LogP contribution in [-0.4, -0.2) is 12.8 Å². The Morgan fingerprint density at radius 3 is 2.92 bits per heavy atom. The highest BCUT2D eigenvalue weighted by Crippen LogP contribution is 2.10. The third-order valence-corrected chi connectivity index (χ3v) is 1.83. The van der Waals surface area contributed by atoms with Gasteiger partial charge in [0, 0.05) is 11.6 Å². The van der Waals surface area contributed by atoms with Crippen LogP contribution in [0.15, 0.2) is 30.5 Å². The lowest BCUT2D eigenvalue weighted by molar-refractivity contribution is 1.37. The minimum atomic E-state index is 0.554. The molecule has 2 radical (unpaired) electrons. The number of pyridine rings is 1. The Morgan fingerprint density at radius 2 is 2.15 bits per heavy atom. The minimum absolute atomic E-state index is 0.554. The van der Waals surface area contributed by atoms with Gasteiger partial charge in [-0.2, -0.15) is 5.26 Å². The molecule has 2 nitrogen and oxygen atoms in total. The predicted molar refractivity (Wildman–Crippen MR) is 51.8 cm³/mol. The molecule has 0 aliphatic heterocycles. The van der Waals surface area contributed by atoms with E-state index in [1.807, 2.05) is 18.2 Å². The Kier molecular flexibility index (Phi) is 1.75. The summed E-state index contributed by atoms with van der Waals surface area (Å²) in [5, 5.41) is 9.55. The van der Waals surface area contributed by atoms with Gasteiger partial charge in [0.1, 0.15) is 13.9 Å². The Balaban J connectivity index is 2.77. The molecule has 0 N–H and O–H groups in total. The first kappa shape index (κ1) is 7.81. The van der Waals surface area contributed by atoms with Gasteiger partial charge >= 0.3 is 0 Å². The molecule has 0 amide bonds. The molecule has 1 aromatic heterocycles. The summed E-state index contributed by atoms with van der Waals surface area (Å²) >= 11 is 0. The molecule has 2 rings (SSSR count). The number of rotatable bonds is 0. The predicted octanol–water partition coefficient (Wildman–Crippen LogP) is 0.900. The Hall–Kier alpha value is -1.82. The second kappa shape index (κ2) is 2.91. The molecule has 0 atom stereocenters. The number of aromatic nitrogens is 1. The van der Waals surface area contributed by atoms with Crippen LogP contribution in [0, 0.1) is 11.3 Å². The van der Waals surface area contributed by atoms with Crippen molar-refractivity contribution in [2.45, 2.75) is 0 Å². The standard InChI is InChI=1S/C10H5BN2/c11-9-1-2-10-8(4-9)3-7(5-12)6-13-10/h1-4,6H. The number of fused-ring (bicyclic) bond motifs is 1. The summed E-state index contributed by atoms with van der Waals surface area (Å²) in [5.41, 5.74) is 2.09. The van der Waals surface area contributed by atoms with Gasteiger partial charge in [0.15, 0.2) is 0 Å². The van der Waals surface area contributed by atoms with Gasteiger partial charge < -0.3 is 0 Å². The zero-order valence-electron chi connectivity index (χ0n) is 6.86. The molecule has 1 heterocycles. The zero-order chi connectivity index (χ0) is 9.26. The van der Waals surface area contributed by atoms with Crippen LogP contribution in [-0.2, 0) is 0 Å². The summed E-state index contributed by atoms with van der Waals surface area (Å²) in [6, 6.07) is 9.25. The van der Waals surface area contributed by atoms with Gasteiger partial charge in [-0.25, -0.2) is 0 Å². The monoisotopic (exact) mass is 164 g/mol. The van der Waals surface area contributed by atoms with E-state index in [1.165, 1.54) is 0 Å². The van der Waals surface area contributed by atoms with E-state index in [0.29, 0.717) is 11.0 Å². The highest BCUT2D eigenvalue weighted by molar-refractivity contribution is 6.33. The third-order valence-electron chi connectivity index (χ3n) is 1.83. The van der Waals surface area contributed by atoms with Crippen molar-refractivity contribution in [2.75, 3.05) is 0 Å². The van der Waals surface area contributed by atoms with Crippen LogP contribution in [0.5, 0.6) is 0 Å². The number of hydrogen-bond donors (Lipinski definition) is 0. The van der Waals surface area contributed by atoms with Crippen LogP contribution in [0.3, 0.4) is 0 Å². The van der Waals surface area contributed by atoms with Crippen LogP contribution in [0.2, 0.25) is 0 Å². The molecule has 0 spiro atoms. The molecule has 3 heteroatoms. The molecule has 13 heavy (non-hydrogen) atoms. The van der Waals surface area contributed by atoms with Crippen molar-refractivity contribution in [1.29, 1.82) is 5.26 Å². The maximum absolute atomic E-state index is 8.65. The number of hydrogen-bond acceptors (Lipinski definition) is 2. The lowest BCUT2D eigenvalue weighted by Gasteiger charge is -1.98. The molecule has 0 aliphatic rings. The van der Waals surface area contributed by atoms with Crippen molar-refractivity contribution in [3.8, 4) is 6.07 Å². The fraction of sp³-hybridized carbons (Fsp3) is 0. The highest BCUT2D eigenvalue weighted by atomic mass is 14.6. The van der Waals surface area contributed by atoms with Crippen LogP contribution < -0.4 is 5.46 Å². The number of nitriles is 1. The second-order valence-electron chi connectivity index (χ2n) is 2.79. The zero-order valence-corrected chi connectivity index (χ0v) is 6.86. The molecule has 0 fully saturated rings. The molecule has 0 saturated carbocycles. The van der Waals surface area contributed by atoms with Crippen molar-refractivity contribution in [3.63, 3.8) is 0 Å². The largest absolute Gasteiger partial charge is 0.255 e. The molecule has 1 aromatic carbocycles. The summed E-state index contributed by atoms with van der Waals surface area (Å²) in [6.45, 7) is 0. The fourth-order valence-electron chi connectivity index (χ4n) is 1.21. The molecular formula is C10H5BN2. The van der Waals surface area contributed by atoms with Crippen molar-refractivity contribution < 1.29 is 0 Å². The first-order chi connectivity index (χ1) is 6.29. The SMILES string of the molecule is [B]c1ccc2ncc(C#N)cc2c1. The summed E-state index contributed by atoms with van der Waals surface area (Å²) in [7, 11) is 5.60. The molecule has 0 unspecified atom stereocenters. The lowest BCUT2D eigenvalue weighted by atomic mass is 9.94. The average Bonchev–Trinajstić information content (AvgIpc) is 2.16. The lowest BCUT2D eigenvalue weighted by Crippen LogP contribution is -2.00. The Bertz CT molecular complexity index is 500. The van der Waals surface area contributed by atoms with Gasteiger partial charge in [-0.05, 0) is 12.1 Å². The second-order valence-corrected chi connectivity index (χ2v) is 2.79. The fourth-order valence-corrected chi connectivity index (χ4v) is 1.21. The van der Waals surface area contributed by atoms with Crippen molar-refractivity contribution in [1.82, 2.24) is 4.98 Å². The van der Waals surface area contributed by atoms with Gasteiger partial charge in [0.2, 0.25) is 0 Å². The molecule has 0 saturated heterocycles. The van der Waals surface area contributed by atoms with E-state index in [1.54, 1.807) is 18.3 Å². The maximum Gasteiger partial charge on any atom is 0.113 e. The summed E-state index contributed by atoms with van der Waals surface area (Å²) in [6.07, 6.45) is 1.55. The first-order valence-corrected chi connectivity index (χ1v) is 3.85. The Labute approximate surface area is 77.2 Å². The summed E-state index contributed by atoms with van der Waals surface area (Å²) in [4.78, 5) is 4.12. The first-order valence-electron chi connectivity index (χ1n) is 3.85. The highest BCUT2D eigenvalue weighted by Gasteiger charge is 1.96. The normalized spacial score (nSPS) is 9.77. The van der Waals surface area contributed by atoms with Crippen LogP contribution in [0.25, 0.3) is 10.9 Å². The molecule has 58 valence electrons. The van der Waals surface area contributed by atoms with Crippen molar-refractivity contribution in [2.24, 2.45) is 0 Å². The van der Waals surface area contributed by atoms with E-state index >= 15 is 0 Å². The van der Waals surface area contributed by atoms with E-state index in [4.69, 9.17) is 13.1 Å². The van der Waals surface area contributed by atoms with Gasteiger partial charge in [0.05, 0.1) is 11.1 Å². The van der Waals surface area contributed by atoms with Crippen molar-refractivity contribution in [3.05, 3.63) is 36.0 Å². The van der Waals surface area contributed by atoms with E-state index in [2.05, 4.69) is 4.98 Å². The van der Waals surface area contributed by atoms with Crippen LogP contribution in [0.1, 0.15) is 5.56 Å². The molecule has 0 bridgehead atoms. The minimum Gasteiger partial charge on any atom is -0.255 e. The molecular weight excluding hydrogens is 159 g/mol. The van der Waals surface area contributed by atoms with Gasteiger partial charge in [-0.15, -0.1) is 0 Å². The van der Waals surface area contributed by atoms with Gasteiger partial charge in [-0.3, -0.25) is 4.98 Å². The third kappa shape index (κ3) is 1.39. The number of benzene rings is 1. The summed E-state index contributed by atoms with van der Waals surface area (Å²) in [5.74, 6) is 0. The van der Waals surface area contributed by atoms with E-state index in [9.17, 15) is 0 Å². The maximum atomic E-state index is 8.65. The summed E-state index contributed by atoms with van der Waals surface area (Å²) < 4.78 is 0. The van der Waals surface area contributed by atoms with Crippen LogP contribution in [0.4, 0.5) is 0 Å². The van der Waals surface area contributed by atoms with Gasteiger partial charge in [0.25, 0.3) is 0 Å². The topological polar surface area (TPSA) is 36.7 Å². The van der Waals surface area contributed by atoms with E-state index < -0.39 is 0 Å². The average molecular weight is 164 g/mol. The van der Waals surface area contributed by atoms with E-state index in [0.717, 1.165) is 10.9 Å². The van der Waals surface area contributed by atoms with Crippen LogP contribution >= 0.6 is 0 Å². The van der Waals surface area contributed by atoms with Gasteiger partial charge in [-0.1, -0.05) is 17.6 Å². The number of nitrogens with zero attached hydrogens (tertiary/aromatic N) is 2. The Morgan fingerprint density at radius 1 is 1.31 bits per heavy atom.